The van der Waals surface area contributed by atoms with Crippen molar-refractivity contribution < 1.29 is 18.8 Å². The first-order chi connectivity index (χ1) is 16.7. The molecule has 0 amide bonds. The van der Waals surface area contributed by atoms with Crippen LogP contribution in [0.25, 0.3) is 0 Å². The number of aldehydes is 3. The van der Waals surface area contributed by atoms with Crippen molar-refractivity contribution in [1.82, 2.24) is 0 Å². The van der Waals surface area contributed by atoms with Crippen molar-refractivity contribution in [3.8, 4) is 0 Å². The third-order valence-electron chi connectivity index (χ3n) is 5.13. The largest absolute Gasteiger partial charge is 0.469 e. The van der Waals surface area contributed by atoms with Crippen LogP contribution in [-0.4, -0.2) is 18.9 Å². The van der Waals surface area contributed by atoms with Gasteiger partial charge >= 0.3 is 0 Å². The van der Waals surface area contributed by atoms with Crippen molar-refractivity contribution in [2.45, 2.75) is 150 Å². The minimum atomic E-state index is 0.744. The predicted molar refractivity (Wildman–Crippen MR) is 146 cm³/mol. The Bertz CT molecular complexity index is 468. The van der Waals surface area contributed by atoms with E-state index in [0.717, 1.165) is 69.6 Å². The van der Waals surface area contributed by atoms with Crippen LogP contribution in [0.1, 0.15) is 149 Å². The molecule has 0 aromatic carbocycles. The Kier molecular flexibility index (Phi) is 41.8. The summed E-state index contributed by atoms with van der Waals surface area (Å²) in [5, 5.41) is 0. The summed E-state index contributed by atoms with van der Waals surface area (Å²) in [4.78, 5) is 29.3. The van der Waals surface area contributed by atoms with E-state index in [4.69, 9.17) is 4.42 Å². The van der Waals surface area contributed by atoms with Crippen LogP contribution in [0.3, 0.4) is 0 Å². The van der Waals surface area contributed by atoms with E-state index < -0.39 is 0 Å². The average Bonchev–Trinajstić information content (AvgIpc) is 3.37. The summed E-state index contributed by atoms with van der Waals surface area (Å²) in [6, 6.07) is 3.98. The van der Waals surface area contributed by atoms with Crippen LogP contribution < -0.4 is 0 Å². The Morgan fingerprint density at radius 3 is 1.35 bits per heavy atom. The first kappa shape index (κ1) is 36.9. The predicted octanol–water partition coefficient (Wildman–Crippen LogP) is 9.48. The van der Waals surface area contributed by atoms with Crippen LogP contribution in [-0.2, 0) is 20.8 Å². The number of furan rings is 1. The second-order valence-corrected chi connectivity index (χ2v) is 8.58. The molecule has 0 saturated heterocycles. The lowest BCUT2D eigenvalue weighted by atomic mass is 10.1. The quantitative estimate of drug-likeness (QED) is 0.146. The van der Waals surface area contributed by atoms with Gasteiger partial charge in [0.2, 0.25) is 0 Å². The van der Waals surface area contributed by atoms with E-state index in [9.17, 15) is 14.4 Å². The highest BCUT2D eigenvalue weighted by Gasteiger charge is 1.93. The third-order valence-corrected chi connectivity index (χ3v) is 5.13. The van der Waals surface area contributed by atoms with Crippen LogP contribution in [0.4, 0.5) is 0 Å². The van der Waals surface area contributed by atoms with Crippen LogP contribution in [0.15, 0.2) is 22.8 Å². The zero-order chi connectivity index (χ0) is 26.0. The number of hydrogen-bond acceptors (Lipinski definition) is 4. The summed E-state index contributed by atoms with van der Waals surface area (Å²) < 4.78 is 5.18. The normalized spacial score (nSPS) is 9.41. The lowest BCUT2D eigenvalue weighted by molar-refractivity contribution is -0.108. The molecular formula is C30H56O4. The summed E-state index contributed by atoms with van der Waals surface area (Å²) in [5.74, 6) is 1.12. The lowest BCUT2D eigenvalue weighted by Gasteiger charge is -1.93. The average molecular weight is 481 g/mol. The Morgan fingerprint density at radius 2 is 0.941 bits per heavy atom. The Labute approximate surface area is 211 Å². The topological polar surface area (TPSA) is 64.3 Å². The summed E-state index contributed by atoms with van der Waals surface area (Å²) in [5.41, 5.74) is 0. The van der Waals surface area contributed by atoms with Gasteiger partial charge in [-0.2, -0.15) is 0 Å². The second kappa shape index (κ2) is 38.5. The third kappa shape index (κ3) is 40.6. The number of unbranched alkanes of at least 4 members (excludes halogenated alkanes) is 14. The molecule has 0 aliphatic carbocycles. The van der Waals surface area contributed by atoms with E-state index in [1.807, 2.05) is 12.1 Å². The van der Waals surface area contributed by atoms with Gasteiger partial charge in [-0.15, -0.1) is 0 Å². The van der Waals surface area contributed by atoms with Crippen LogP contribution in [0.2, 0.25) is 0 Å². The maximum absolute atomic E-state index is 9.84. The molecule has 1 heterocycles. The van der Waals surface area contributed by atoms with Crippen molar-refractivity contribution in [3.63, 3.8) is 0 Å². The first-order valence-corrected chi connectivity index (χ1v) is 14.0. The fourth-order valence-corrected chi connectivity index (χ4v) is 2.97. The molecule has 4 heteroatoms. The van der Waals surface area contributed by atoms with E-state index in [1.54, 1.807) is 6.26 Å². The van der Waals surface area contributed by atoms with Crippen molar-refractivity contribution in [2.75, 3.05) is 0 Å². The molecule has 0 bridgehead atoms. The van der Waals surface area contributed by atoms with Crippen LogP contribution >= 0.6 is 0 Å². The number of hydrogen-bond donors (Lipinski definition) is 0. The van der Waals surface area contributed by atoms with Crippen LogP contribution in [0, 0.1) is 0 Å². The molecule has 4 nitrogen and oxygen atoms in total. The van der Waals surface area contributed by atoms with Gasteiger partial charge in [-0.25, -0.2) is 0 Å². The van der Waals surface area contributed by atoms with Crippen molar-refractivity contribution in [2.24, 2.45) is 0 Å². The van der Waals surface area contributed by atoms with E-state index in [0.29, 0.717) is 0 Å². The second-order valence-electron chi connectivity index (χ2n) is 8.58. The Morgan fingerprint density at radius 1 is 0.559 bits per heavy atom. The van der Waals surface area contributed by atoms with Crippen molar-refractivity contribution >= 4 is 18.9 Å². The minimum absolute atomic E-state index is 0.744. The molecule has 0 radical (unpaired) electrons. The molecule has 0 N–H and O–H groups in total. The number of carbonyl (C=O) groups excluding carboxylic acids is 3. The Balaban J connectivity index is -0.000000381. The minimum Gasteiger partial charge on any atom is -0.469 e. The lowest BCUT2D eigenvalue weighted by Crippen LogP contribution is -1.80. The summed E-state index contributed by atoms with van der Waals surface area (Å²) in [7, 11) is 0. The summed E-state index contributed by atoms with van der Waals surface area (Å²) in [6.45, 7) is 8.70. The molecule has 1 aromatic rings. The van der Waals surface area contributed by atoms with Gasteiger partial charge in [0.25, 0.3) is 0 Å². The molecule has 1 rings (SSSR count). The van der Waals surface area contributed by atoms with E-state index >= 15 is 0 Å². The number of carbonyl (C=O) groups is 3. The SMILES string of the molecule is CCCCCC=O.CCCCCCC=O.CCCCCCCC=O.CCCCCc1ccco1. The molecule has 0 aliphatic rings. The first-order valence-electron chi connectivity index (χ1n) is 14.0. The molecule has 0 aliphatic heterocycles. The number of rotatable bonds is 19. The van der Waals surface area contributed by atoms with Gasteiger partial charge in [0.15, 0.2) is 0 Å². The van der Waals surface area contributed by atoms with E-state index in [2.05, 4.69) is 27.7 Å². The molecule has 200 valence electrons. The van der Waals surface area contributed by atoms with Crippen molar-refractivity contribution in [1.29, 1.82) is 0 Å². The smallest absolute Gasteiger partial charge is 0.119 e. The molecule has 0 fully saturated rings. The molecule has 0 saturated carbocycles. The van der Waals surface area contributed by atoms with E-state index in [-0.39, 0.29) is 0 Å². The van der Waals surface area contributed by atoms with Gasteiger partial charge in [0.1, 0.15) is 24.6 Å². The zero-order valence-corrected chi connectivity index (χ0v) is 23.0. The van der Waals surface area contributed by atoms with Crippen molar-refractivity contribution in [3.05, 3.63) is 24.2 Å². The fourth-order valence-electron chi connectivity index (χ4n) is 2.97. The zero-order valence-electron chi connectivity index (χ0n) is 23.0. The van der Waals surface area contributed by atoms with Gasteiger partial charge in [0, 0.05) is 25.7 Å². The van der Waals surface area contributed by atoms with Gasteiger partial charge < -0.3 is 18.8 Å². The highest BCUT2D eigenvalue weighted by molar-refractivity contribution is 5.49. The molecule has 0 unspecified atom stereocenters. The molecular weight excluding hydrogens is 424 g/mol. The maximum atomic E-state index is 9.84. The maximum Gasteiger partial charge on any atom is 0.119 e. The van der Waals surface area contributed by atoms with Gasteiger partial charge in [-0.3, -0.25) is 0 Å². The number of aryl methyl sites for hydroxylation is 1. The monoisotopic (exact) mass is 480 g/mol. The molecule has 0 spiro atoms. The van der Waals surface area contributed by atoms with Gasteiger partial charge in [-0.05, 0) is 37.8 Å². The summed E-state index contributed by atoms with van der Waals surface area (Å²) >= 11 is 0. The molecule has 1 aromatic heterocycles. The highest BCUT2D eigenvalue weighted by atomic mass is 16.3. The molecule has 34 heavy (non-hydrogen) atoms. The molecule has 0 atom stereocenters. The highest BCUT2D eigenvalue weighted by Crippen LogP contribution is 2.06. The van der Waals surface area contributed by atoms with Crippen LogP contribution in [0.5, 0.6) is 0 Å². The Hall–Kier alpha value is -1.71. The van der Waals surface area contributed by atoms with E-state index in [1.165, 1.54) is 77.0 Å². The fraction of sp³-hybridized carbons (Fsp3) is 0.767. The van der Waals surface area contributed by atoms with Gasteiger partial charge in [-0.1, -0.05) is 98.3 Å². The summed E-state index contributed by atoms with van der Waals surface area (Å²) in [6.07, 6.45) is 26.4. The van der Waals surface area contributed by atoms with Gasteiger partial charge in [0.05, 0.1) is 6.26 Å². The standard InChI is InChI=1S/C9H14O.C8H16O.C7H14O.C6H12O/c1-2-3-4-6-9-7-5-8-10-9;1-2-3-4-5-6-7-8-9;1-2-3-4-5-6-7-8;1-2-3-4-5-6-7/h5,7-8H,2-4,6H2,1H3;8H,2-7H2,1H3;7H,2-6H2,1H3;6H,2-5H2,1H3.